The van der Waals surface area contributed by atoms with Crippen molar-refractivity contribution in [1.29, 1.82) is 0 Å². The number of hydrogen-bond acceptors (Lipinski definition) is 4. The van der Waals surface area contributed by atoms with Gasteiger partial charge in [-0.05, 0) is 31.7 Å². The van der Waals surface area contributed by atoms with E-state index < -0.39 is 0 Å². The van der Waals surface area contributed by atoms with E-state index in [2.05, 4.69) is 64.5 Å². The molecule has 1 aromatic heterocycles. The molecule has 0 bridgehead atoms. The summed E-state index contributed by atoms with van der Waals surface area (Å²) >= 11 is 0. The zero-order chi connectivity index (χ0) is 16.5. The largest absolute Gasteiger partial charge is 0.370 e. The summed E-state index contributed by atoms with van der Waals surface area (Å²) in [5.41, 5.74) is 1.38. The van der Waals surface area contributed by atoms with Crippen molar-refractivity contribution < 1.29 is 0 Å². The lowest BCUT2D eigenvalue weighted by atomic mass is 10.1. The number of unbranched alkanes of at least 4 members (excludes halogenated alkanes) is 1. The third-order valence-corrected chi connectivity index (χ3v) is 3.85. The average molecular weight is 312 g/mol. The van der Waals surface area contributed by atoms with Crippen LogP contribution in [0.25, 0.3) is 0 Å². The Labute approximate surface area is 140 Å². The minimum absolute atomic E-state index is 0.816. The number of anilines is 2. The predicted octanol–water partition coefficient (Wildman–Crippen LogP) is 4.07. The van der Waals surface area contributed by atoms with E-state index in [9.17, 15) is 0 Å². The lowest BCUT2D eigenvalue weighted by molar-refractivity contribution is 0.756. The van der Waals surface area contributed by atoms with Crippen LogP contribution in [0.2, 0.25) is 0 Å². The van der Waals surface area contributed by atoms with Crippen LogP contribution in [-0.4, -0.2) is 30.1 Å². The molecule has 1 heterocycles. The molecule has 124 valence electrons. The first-order chi connectivity index (χ1) is 11.2. The van der Waals surface area contributed by atoms with Crippen molar-refractivity contribution in [2.24, 2.45) is 0 Å². The fourth-order valence-corrected chi connectivity index (χ4v) is 2.50. The number of aromatic nitrogens is 2. The highest BCUT2D eigenvalue weighted by Crippen LogP contribution is 2.15. The Hall–Kier alpha value is -2.10. The molecule has 0 aliphatic rings. The second-order valence-corrected chi connectivity index (χ2v) is 5.95. The highest BCUT2D eigenvalue weighted by atomic mass is 15.2. The number of hydrogen-bond donors (Lipinski definition) is 1. The molecule has 0 aliphatic carbocycles. The maximum absolute atomic E-state index is 4.54. The molecule has 1 aromatic carbocycles. The van der Waals surface area contributed by atoms with Gasteiger partial charge in [-0.25, -0.2) is 9.97 Å². The number of benzene rings is 1. The zero-order valence-corrected chi connectivity index (χ0v) is 14.5. The van der Waals surface area contributed by atoms with Crippen LogP contribution in [-0.2, 0) is 6.42 Å². The molecule has 1 N–H and O–H groups in total. The topological polar surface area (TPSA) is 41.0 Å². The van der Waals surface area contributed by atoms with Crippen molar-refractivity contribution >= 4 is 11.6 Å². The molecule has 0 amide bonds. The highest BCUT2D eigenvalue weighted by molar-refractivity contribution is 5.48. The molecule has 0 radical (unpaired) electrons. The Morgan fingerprint density at radius 2 is 1.87 bits per heavy atom. The van der Waals surface area contributed by atoms with Crippen molar-refractivity contribution in [3.05, 3.63) is 47.8 Å². The smallest absolute Gasteiger partial charge is 0.134 e. The molecule has 0 saturated carbocycles. The summed E-state index contributed by atoms with van der Waals surface area (Å²) in [5, 5.41) is 3.43. The summed E-state index contributed by atoms with van der Waals surface area (Å²) in [6, 6.07) is 12.6. The summed E-state index contributed by atoms with van der Waals surface area (Å²) in [5.74, 6) is 2.73. The third kappa shape index (κ3) is 5.89. The van der Waals surface area contributed by atoms with Crippen LogP contribution in [0.3, 0.4) is 0 Å². The summed E-state index contributed by atoms with van der Waals surface area (Å²) in [6.07, 6.45) is 4.55. The van der Waals surface area contributed by atoms with Crippen molar-refractivity contribution in [1.82, 2.24) is 9.97 Å². The SMILES string of the molecule is CCCCN(C)c1cc(NCCCc2ccccc2)nc(C)n1. The van der Waals surface area contributed by atoms with Crippen LogP contribution in [0.15, 0.2) is 36.4 Å². The van der Waals surface area contributed by atoms with Gasteiger partial charge in [-0.2, -0.15) is 0 Å². The van der Waals surface area contributed by atoms with Gasteiger partial charge >= 0.3 is 0 Å². The van der Waals surface area contributed by atoms with Crippen LogP contribution < -0.4 is 10.2 Å². The van der Waals surface area contributed by atoms with Gasteiger partial charge in [0.2, 0.25) is 0 Å². The highest BCUT2D eigenvalue weighted by Gasteiger charge is 2.06. The fourth-order valence-electron chi connectivity index (χ4n) is 2.50. The fraction of sp³-hybridized carbons (Fsp3) is 0.474. The van der Waals surface area contributed by atoms with Crippen molar-refractivity contribution in [3.8, 4) is 0 Å². The molecule has 23 heavy (non-hydrogen) atoms. The van der Waals surface area contributed by atoms with Gasteiger partial charge in [-0.1, -0.05) is 43.7 Å². The summed E-state index contributed by atoms with van der Waals surface area (Å²) < 4.78 is 0. The van der Waals surface area contributed by atoms with Crippen LogP contribution in [0.5, 0.6) is 0 Å². The maximum atomic E-state index is 4.54. The molecule has 2 rings (SSSR count). The molecular weight excluding hydrogens is 284 g/mol. The summed E-state index contributed by atoms with van der Waals surface area (Å²) in [6.45, 7) is 6.11. The molecule has 0 saturated heterocycles. The molecule has 0 aliphatic heterocycles. The van der Waals surface area contributed by atoms with Gasteiger partial charge in [-0.3, -0.25) is 0 Å². The standard InChI is InChI=1S/C19H28N4/c1-4-5-14-23(3)19-15-18(21-16(2)22-19)20-13-9-12-17-10-7-6-8-11-17/h6-8,10-11,15H,4-5,9,12-14H2,1-3H3,(H,20,21,22). The van der Waals surface area contributed by atoms with E-state index in [1.807, 2.05) is 13.0 Å². The van der Waals surface area contributed by atoms with Gasteiger partial charge < -0.3 is 10.2 Å². The predicted molar refractivity (Wildman–Crippen MR) is 98.2 cm³/mol. The van der Waals surface area contributed by atoms with Gasteiger partial charge in [0.1, 0.15) is 17.5 Å². The normalized spacial score (nSPS) is 10.6. The Balaban J connectivity index is 1.86. The minimum atomic E-state index is 0.816. The number of nitrogens with one attached hydrogen (secondary N) is 1. The molecular formula is C19H28N4. The Morgan fingerprint density at radius 1 is 1.09 bits per heavy atom. The lowest BCUT2D eigenvalue weighted by Crippen LogP contribution is -2.20. The first kappa shape index (κ1) is 17.3. The zero-order valence-electron chi connectivity index (χ0n) is 14.5. The summed E-state index contributed by atoms with van der Waals surface area (Å²) in [7, 11) is 2.09. The third-order valence-electron chi connectivity index (χ3n) is 3.85. The van der Waals surface area contributed by atoms with Gasteiger partial charge in [0, 0.05) is 26.2 Å². The first-order valence-electron chi connectivity index (χ1n) is 8.53. The van der Waals surface area contributed by atoms with Gasteiger partial charge in [0.05, 0.1) is 0 Å². The first-order valence-corrected chi connectivity index (χ1v) is 8.53. The van der Waals surface area contributed by atoms with Crippen molar-refractivity contribution in [2.75, 3.05) is 30.4 Å². The van der Waals surface area contributed by atoms with Gasteiger partial charge in [0.15, 0.2) is 0 Å². The minimum Gasteiger partial charge on any atom is -0.370 e. The van der Waals surface area contributed by atoms with E-state index in [0.717, 1.165) is 43.4 Å². The van der Waals surface area contributed by atoms with Crippen LogP contribution in [0.4, 0.5) is 11.6 Å². The van der Waals surface area contributed by atoms with E-state index in [4.69, 9.17) is 0 Å². The quantitative estimate of drug-likeness (QED) is 0.709. The number of rotatable bonds is 9. The molecule has 2 aromatic rings. The lowest BCUT2D eigenvalue weighted by Gasteiger charge is -2.19. The van der Waals surface area contributed by atoms with E-state index >= 15 is 0 Å². The Bertz CT molecular complexity index is 583. The number of nitrogens with zero attached hydrogens (tertiary/aromatic N) is 3. The van der Waals surface area contributed by atoms with Crippen LogP contribution >= 0.6 is 0 Å². The molecule has 0 atom stereocenters. The van der Waals surface area contributed by atoms with E-state index in [0.29, 0.717) is 0 Å². The molecule has 4 heteroatoms. The summed E-state index contributed by atoms with van der Waals surface area (Å²) in [4.78, 5) is 11.2. The molecule has 0 fully saturated rings. The van der Waals surface area contributed by atoms with E-state index in [1.165, 1.54) is 18.4 Å². The average Bonchev–Trinajstić information content (AvgIpc) is 2.57. The molecule has 4 nitrogen and oxygen atoms in total. The van der Waals surface area contributed by atoms with Gasteiger partial charge in [0.25, 0.3) is 0 Å². The van der Waals surface area contributed by atoms with Crippen molar-refractivity contribution in [3.63, 3.8) is 0 Å². The van der Waals surface area contributed by atoms with E-state index in [-0.39, 0.29) is 0 Å². The van der Waals surface area contributed by atoms with Crippen LogP contribution in [0.1, 0.15) is 37.6 Å². The Morgan fingerprint density at radius 3 is 2.61 bits per heavy atom. The van der Waals surface area contributed by atoms with Crippen molar-refractivity contribution in [2.45, 2.75) is 39.5 Å². The second-order valence-electron chi connectivity index (χ2n) is 5.95. The second kappa shape index (κ2) is 9.13. The maximum Gasteiger partial charge on any atom is 0.134 e. The monoisotopic (exact) mass is 312 g/mol. The van der Waals surface area contributed by atoms with Gasteiger partial charge in [-0.15, -0.1) is 0 Å². The van der Waals surface area contributed by atoms with Crippen LogP contribution in [0, 0.1) is 6.92 Å². The Kier molecular flexibility index (Phi) is 6.85. The molecule has 0 spiro atoms. The number of aryl methyl sites for hydroxylation is 2. The molecule has 0 unspecified atom stereocenters. The van der Waals surface area contributed by atoms with E-state index in [1.54, 1.807) is 0 Å².